The van der Waals surface area contributed by atoms with E-state index in [0.717, 1.165) is 17.4 Å². The molecule has 2 radical (unpaired) electrons. The predicted molar refractivity (Wildman–Crippen MR) is 64.8 cm³/mol. The average Bonchev–Trinajstić information content (AvgIpc) is 2.18. The second-order valence-electron chi connectivity index (χ2n) is 4.18. The second kappa shape index (κ2) is 5.15. The van der Waals surface area contributed by atoms with Crippen LogP contribution in [0, 0.1) is 5.92 Å². The topological polar surface area (TPSA) is 17.1 Å². The van der Waals surface area contributed by atoms with Gasteiger partial charge in [0.25, 0.3) is 0 Å². The van der Waals surface area contributed by atoms with E-state index in [0.29, 0.717) is 6.42 Å². The number of ketones is 1. The fourth-order valence-electron chi connectivity index (χ4n) is 1.55. The zero-order valence-electron chi connectivity index (χ0n) is 9.71. The summed E-state index contributed by atoms with van der Waals surface area (Å²) in [5.74, 6) is 0.367. The molecule has 0 aromatic heterocycles. The molecule has 0 atom stereocenters. The average molecular weight is 200 g/mol. The SMILES string of the molecule is [B]c1ccc(CC)c(CC(=O)C(C)C)c1. The van der Waals surface area contributed by atoms with E-state index in [1.54, 1.807) is 0 Å². The Balaban J connectivity index is 2.92. The first-order valence-electron chi connectivity index (χ1n) is 5.44. The first-order valence-corrected chi connectivity index (χ1v) is 5.44. The van der Waals surface area contributed by atoms with E-state index in [-0.39, 0.29) is 11.7 Å². The summed E-state index contributed by atoms with van der Waals surface area (Å²) in [6.45, 7) is 5.95. The molecule has 0 spiro atoms. The number of carbonyl (C=O) groups excluding carboxylic acids is 1. The Morgan fingerprint density at radius 3 is 2.53 bits per heavy atom. The van der Waals surface area contributed by atoms with Gasteiger partial charge in [0.1, 0.15) is 13.6 Å². The lowest BCUT2D eigenvalue weighted by Crippen LogP contribution is -2.14. The minimum atomic E-state index is 0.0936. The number of rotatable bonds is 4. The highest BCUT2D eigenvalue weighted by Gasteiger charge is 2.10. The van der Waals surface area contributed by atoms with E-state index in [1.807, 2.05) is 32.0 Å². The highest BCUT2D eigenvalue weighted by molar-refractivity contribution is 6.32. The summed E-state index contributed by atoms with van der Waals surface area (Å²) in [4.78, 5) is 11.7. The van der Waals surface area contributed by atoms with E-state index >= 15 is 0 Å². The molecule has 2 heteroatoms. The summed E-state index contributed by atoms with van der Waals surface area (Å²) >= 11 is 0. The molecule has 0 N–H and O–H groups in total. The molecule has 0 amide bonds. The number of aryl methyl sites for hydroxylation is 1. The zero-order valence-corrected chi connectivity index (χ0v) is 9.71. The van der Waals surface area contributed by atoms with Crippen LogP contribution in [0.5, 0.6) is 0 Å². The van der Waals surface area contributed by atoms with Crippen LogP contribution in [-0.4, -0.2) is 13.6 Å². The van der Waals surface area contributed by atoms with Crippen molar-refractivity contribution >= 4 is 19.1 Å². The summed E-state index contributed by atoms with van der Waals surface area (Å²) in [7, 11) is 5.72. The minimum Gasteiger partial charge on any atom is -0.299 e. The van der Waals surface area contributed by atoms with E-state index in [4.69, 9.17) is 7.85 Å². The van der Waals surface area contributed by atoms with Gasteiger partial charge < -0.3 is 0 Å². The monoisotopic (exact) mass is 200 g/mol. The van der Waals surface area contributed by atoms with Crippen molar-refractivity contribution in [3.05, 3.63) is 29.3 Å². The molecule has 1 nitrogen and oxygen atoms in total. The highest BCUT2D eigenvalue weighted by Crippen LogP contribution is 2.11. The van der Waals surface area contributed by atoms with Crippen LogP contribution in [0.25, 0.3) is 0 Å². The van der Waals surface area contributed by atoms with Gasteiger partial charge >= 0.3 is 0 Å². The smallest absolute Gasteiger partial charge is 0.139 e. The van der Waals surface area contributed by atoms with Crippen LogP contribution in [0.15, 0.2) is 18.2 Å². The lowest BCUT2D eigenvalue weighted by molar-refractivity contribution is -0.121. The molecule has 1 aromatic rings. The predicted octanol–water partition coefficient (Wildman–Crippen LogP) is 1.81. The largest absolute Gasteiger partial charge is 0.299 e. The summed E-state index contributed by atoms with van der Waals surface area (Å²) < 4.78 is 0. The van der Waals surface area contributed by atoms with Crippen LogP contribution < -0.4 is 5.46 Å². The molecule has 1 aromatic carbocycles. The Morgan fingerprint density at radius 1 is 1.33 bits per heavy atom. The molecule has 0 aliphatic carbocycles. The maximum atomic E-state index is 11.7. The maximum absolute atomic E-state index is 11.7. The van der Waals surface area contributed by atoms with Gasteiger partial charge in [-0.25, -0.2) is 0 Å². The third-order valence-electron chi connectivity index (χ3n) is 2.62. The fourth-order valence-corrected chi connectivity index (χ4v) is 1.55. The molecule has 0 aliphatic heterocycles. The number of hydrogen-bond acceptors (Lipinski definition) is 1. The summed E-state index contributed by atoms with van der Waals surface area (Å²) in [5.41, 5.74) is 3.04. The van der Waals surface area contributed by atoms with Crippen LogP contribution in [-0.2, 0) is 17.6 Å². The summed E-state index contributed by atoms with van der Waals surface area (Å²) in [6.07, 6.45) is 1.45. The van der Waals surface area contributed by atoms with Gasteiger partial charge in [0.2, 0.25) is 0 Å². The summed E-state index contributed by atoms with van der Waals surface area (Å²) in [5, 5.41) is 0. The van der Waals surface area contributed by atoms with Gasteiger partial charge in [-0.1, -0.05) is 44.4 Å². The number of Topliss-reactive ketones (excluding diaryl/α,β-unsaturated/α-hetero) is 1. The van der Waals surface area contributed by atoms with Crippen molar-refractivity contribution in [3.63, 3.8) is 0 Å². The molecular formula is C13H17BO. The first-order chi connectivity index (χ1) is 7.04. The van der Waals surface area contributed by atoms with Gasteiger partial charge in [-0.15, -0.1) is 0 Å². The van der Waals surface area contributed by atoms with E-state index in [1.165, 1.54) is 5.56 Å². The van der Waals surface area contributed by atoms with E-state index < -0.39 is 0 Å². The van der Waals surface area contributed by atoms with Gasteiger partial charge in [-0.3, -0.25) is 4.79 Å². The van der Waals surface area contributed by atoms with Gasteiger partial charge in [0, 0.05) is 12.3 Å². The van der Waals surface area contributed by atoms with Crippen molar-refractivity contribution in [2.75, 3.05) is 0 Å². The standard InChI is InChI=1S/C13H17BO/c1-4-10-5-6-12(14)7-11(10)8-13(15)9(2)3/h5-7,9H,4,8H2,1-3H3. The molecule has 78 valence electrons. The quantitative estimate of drug-likeness (QED) is 0.677. The van der Waals surface area contributed by atoms with Crippen molar-refractivity contribution in [2.45, 2.75) is 33.6 Å². The Morgan fingerprint density at radius 2 is 2.00 bits per heavy atom. The first kappa shape index (κ1) is 12.0. The molecule has 0 unspecified atom stereocenters. The third kappa shape index (κ3) is 3.23. The Kier molecular flexibility index (Phi) is 4.13. The number of benzene rings is 1. The van der Waals surface area contributed by atoms with Crippen molar-refractivity contribution in [1.29, 1.82) is 0 Å². The van der Waals surface area contributed by atoms with Crippen molar-refractivity contribution < 1.29 is 4.79 Å². The Hall–Kier alpha value is -1.05. The zero-order chi connectivity index (χ0) is 11.4. The lowest BCUT2D eigenvalue weighted by Gasteiger charge is -2.10. The van der Waals surface area contributed by atoms with Gasteiger partial charge in [0.15, 0.2) is 0 Å². The molecule has 0 aliphatic rings. The van der Waals surface area contributed by atoms with Crippen molar-refractivity contribution in [2.24, 2.45) is 5.92 Å². The summed E-state index contributed by atoms with van der Waals surface area (Å²) in [6, 6.07) is 5.82. The normalized spacial score (nSPS) is 10.7. The molecule has 0 saturated carbocycles. The second-order valence-corrected chi connectivity index (χ2v) is 4.18. The van der Waals surface area contributed by atoms with Crippen LogP contribution in [0.2, 0.25) is 0 Å². The van der Waals surface area contributed by atoms with Crippen LogP contribution in [0.3, 0.4) is 0 Å². The molecule has 1 rings (SSSR count). The highest BCUT2D eigenvalue weighted by atomic mass is 16.1. The van der Waals surface area contributed by atoms with Crippen molar-refractivity contribution in [1.82, 2.24) is 0 Å². The van der Waals surface area contributed by atoms with Gasteiger partial charge in [-0.05, 0) is 17.5 Å². The van der Waals surface area contributed by atoms with Crippen molar-refractivity contribution in [3.8, 4) is 0 Å². The van der Waals surface area contributed by atoms with Gasteiger partial charge in [0.05, 0.1) is 0 Å². The van der Waals surface area contributed by atoms with Gasteiger partial charge in [-0.2, -0.15) is 0 Å². The number of carbonyl (C=O) groups is 1. The fraction of sp³-hybridized carbons (Fsp3) is 0.462. The number of hydrogen-bond donors (Lipinski definition) is 0. The molecule has 15 heavy (non-hydrogen) atoms. The molecular weight excluding hydrogens is 183 g/mol. The molecule has 0 bridgehead atoms. The molecule has 0 fully saturated rings. The Labute approximate surface area is 93.3 Å². The minimum absolute atomic E-state index is 0.0936. The van der Waals surface area contributed by atoms with Crippen LogP contribution in [0.1, 0.15) is 31.9 Å². The molecule has 0 heterocycles. The Bertz CT molecular complexity index is 356. The van der Waals surface area contributed by atoms with E-state index in [2.05, 4.69) is 6.92 Å². The third-order valence-corrected chi connectivity index (χ3v) is 2.62. The lowest BCUT2D eigenvalue weighted by atomic mass is 9.88. The maximum Gasteiger partial charge on any atom is 0.139 e. The van der Waals surface area contributed by atoms with Crippen LogP contribution >= 0.6 is 0 Å². The molecule has 0 saturated heterocycles. The van der Waals surface area contributed by atoms with Crippen LogP contribution in [0.4, 0.5) is 0 Å². The van der Waals surface area contributed by atoms with E-state index in [9.17, 15) is 4.79 Å².